The number of benzene rings is 2. The van der Waals surface area contributed by atoms with Gasteiger partial charge in [-0.25, -0.2) is 26.9 Å². The number of rotatable bonds is 9. The first-order valence-corrected chi connectivity index (χ1v) is 13.5. The Morgan fingerprint density at radius 3 is 2.32 bits per heavy atom. The number of pyridine rings is 1. The minimum absolute atomic E-state index is 0.0515. The second kappa shape index (κ2) is 11.1. The summed E-state index contributed by atoms with van der Waals surface area (Å²) in [5.41, 5.74) is 8.12. The van der Waals surface area contributed by atoms with Gasteiger partial charge in [-0.3, -0.25) is 4.79 Å². The largest absolute Gasteiger partial charge is 0.380 e. The van der Waals surface area contributed by atoms with Gasteiger partial charge in [-0.1, -0.05) is 0 Å². The number of halogens is 2. The van der Waals surface area contributed by atoms with E-state index in [0.717, 1.165) is 43.4 Å². The van der Waals surface area contributed by atoms with Crippen molar-refractivity contribution >= 4 is 38.8 Å². The lowest BCUT2D eigenvalue weighted by Crippen LogP contribution is -2.44. The van der Waals surface area contributed by atoms with Crippen LogP contribution in [0.1, 0.15) is 28.8 Å². The van der Waals surface area contributed by atoms with Crippen LogP contribution in [0.2, 0.25) is 0 Å². The summed E-state index contributed by atoms with van der Waals surface area (Å²) in [6.07, 6.45) is 3.96. The first-order chi connectivity index (χ1) is 17.6. The minimum Gasteiger partial charge on any atom is -0.380 e. The minimum atomic E-state index is -3.22. The van der Waals surface area contributed by atoms with Crippen molar-refractivity contribution < 1.29 is 22.0 Å². The highest BCUT2D eigenvalue weighted by Gasteiger charge is 2.21. The van der Waals surface area contributed by atoms with Gasteiger partial charge < -0.3 is 21.3 Å². The first-order valence-electron chi connectivity index (χ1n) is 11.6. The monoisotopic (exact) mass is 530 g/mol. The van der Waals surface area contributed by atoms with Crippen LogP contribution in [0.4, 0.5) is 31.7 Å². The molecule has 5 N–H and O–H groups in total. The molecule has 0 aliphatic carbocycles. The number of carbonyl (C=O) groups excluding carboxylic acids is 1. The molecule has 0 unspecified atom stereocenters. The normalized spacial score (nSPS) is 14.4. The molecule has 0 saturated carbocycles. The Balaban J connectivity index is 1.41. The van der Waals surface area contributed by atoms with Crippen molar-refractivity contribution in [1.82, 2.24) is 9.71 Å². The molecule has 1 aliphatic heterocycles. The van der Waals surface area contributed by atoms with E-state index < -0.39 is 27.6 Å². The lowest BCUT2D eigenvalue weighted by molar-refractivity contribution is 0.100. The molecule has 0 radical (unpaired) electrons. The van der Waals surface area contributed by atoms with E-state index in [1.165, 1.54) is 24.6 Å². The third-order valence-electron chi connectivity index (χ3n) is 5.96. The fraction of sp³-hybridized carbons (Fsp3) is 0.280. The molecule has 0 bridgehead atoms. The zero-order valence-corrected chi connectivity index (χ0v) is 21.0. The van der Waals surface area contributed by atoms with E-state index in [2.05, 4.69) is 25.2 Å². The number of carbonyl (C=O) groups is 1. The van der Waals surface area contributed by atoms with E-state index in [0.29, 0.717) is 17.1 Å². The summed E-state index contributed by atoms with van der Waals surface area (Å²) in [5.74, 6) is -1.63. The predicted molar refractivity (Wildman–Crippen MR) is 139 cm³/mol. The van der Waals surface area contributed by atoms with Crippen LogP contribution in [0, 0.1) is 11.6 Å². The Morgan fingerprint density at radius 1 is 1.08 bits per heavy atom. The third-order valence-corrected chi connectivity index (χ3v) is 6.72. The molecule has 1 aromatic heterocycles. The van der Waals surface area contributed by atoms with Crippen LogP contribution in [0.15, 0.2) is 54.7 Å². The summed E-state index contributed by atoms with van der Waals surface area (Å²) in [6, 6.07) is 12.4. The van der Waals surface area contributed by atoms with Crippen LogP contribution in [0.5, 0.6) is 0 Å². The maximum atomic E-state index is 13.5. The average molecular weight is 531 g/mol. The van der Waals surface area contributed by atoms with E-state index >= 15 is 0 Å². The van der Waals surface area contributed by atoms with E-state index in [1.807, 2.05) is 24.3 Å². The molecule has 2 aromatic carbocycles. The Labute approximate surface area is 214 Å². The number of piperidine rings is 1. The Hall–Kier alpha value is -3.77. The number of aromatic nitrogens is 1. The molecular formula is C25H28F2N6O3S. The summed E-state index contributed by atoms with van der Waals surface area (Å²) >= 11 is 0. The van der Waals surface area contributed by atoms with Crippen molar-refractivity contribution in [2.45, 2.75) is 25.4 Å². The molecule has 1 fully saturated rings. The first kappa shape index (κ1) is 26.3. The standard InChI is InChI=1S/C25H28F2N6O3S/c1-37(35,36)32-20-6-8-33(9-7-20)21-4-2-19(3-5-21)31-24-13-23(22(15-30-24)25(28)34)29-14-16-10-17(26)12-18(27)11-16/h2-5,10-13,15,20,32H,6-9,14H2,1H3,(H2,28,34)(H2,29,30,31). The summed E-state index contributed by atoms with van der Waals surface area (Å²) in [7, 11) is -3.22. The van der Waals surface area contributed by atoms with Gasteiger partial charge in [-0.05, 0) is 54.8 Å². The van der Waals surface area contributed by atoms with Crippen molar-refractivity contribution in [1.29, 1.82) is 0 Å². The van der Waals surface area contributed by atoms with E-state index in [9.17, 15) is 22.0 Å². The molecule has 1 saturated heterocycles. The highest BCUT2D eigenvalue weighted by Crippen LogP contribution is 2.26. The molecule has 1 amide bonds. The second-order valence-electron chi connectivity index (χ2n) is 8.93. The molecule has 2 heterocycles. The number of sulfonamides is 1. The molecule has 9 nitrogen and oxygen atoms in total. The van der Waals surface area contributed by atoms with E-state index in [-0.39, 0.29) is 18.2 Å². The van der Waals surface area contributed by atoms with Crippen molar-refractivity contribution in [3.8, 4) is 0 Å². The van der Waals surface area contributed by atoms with Crippen LogP contribution in [0.25, 0.3) is 0 Å². The number of nitrogens with zero attached hydrogens (tertiary/aromatic N) is 2. The smallest absolute Gasteiger partial charge is 0.252 e. The van der Waals surface area contributed by atoms with Crippen LogP contribution in [-0.4, -0.2) is 44.7 Å². The Kier molecular flexibility index (Phi) is 7.89. The SMILES string of the molecule is CS(=O)(=O)NC1CCN(c2ccc(Nc3cc(NCc4cc(F)cc(F)c4)c(C(N)=O)cn3)cc2)CC1. The van der Waals surface area contributed by atoms with Crippen molar-refractivity contribution in [3.05, 3.63) is 77.5 Å². The molecule has 196 valence electrons. The number of hydrogen-bond donors (Lipinski definition) is 4. The van der Waals surface area contributed by atoms with Crippen LogP contribution in [0.3, 0.4) is 0 Å². The van der Waals surface area contributed by atoms with E-state index in [4.69, 9.17) is 5.73 Å². The van der Waals surface area contributed by atoms with Gasteiger partial charge in [0.15, 0.2) is 0 Å². The fourth-order valence-corrected chi connectivity index (χ4v) is 5.08. The molecule has 37 heavy (non-hydrogen) atoms. The molecule has 4 rings (SSSR count). The summed E-state index contributed by atoms with van der Waals surface area (Å²) < 4.78 is 52.6. The van der Waals surface area contributed by atoms with Crippen molar-refractivity contribution in [3.63, 3.8) is 0 Å². The molecule has 1 aliphatic rings. The number of nitrogens with one attached hydrogen (secondary N) is 3. The van der Waals surface area contributed by atoms with Gasteiger partial charge in [-0.2, -0.15) is 0 Å². The number of hydrogen-bond acceptors (Lipinski definition) is 7. The highest BCUT2D eigenvalue weighted by atomic mass is 32.2. The number of anilines is 4. The second-order valence-corrected chi connectivity index (χ2v) is 10.7. The van der Waals surface area contributed by atoms with Gasteiger partial charge in [0.05, 0.1) is 17.5 Å². The summed E-state index contributed by atoms with van der Waals surface area (Å²) in [4.78, 5) is 18.3. The number of primary amides is 1. The average Bonchev–Trinajstić information content (AvgIpc) is 2.82. The molecule has 0 spiro atoms. The fourth-order valence-electron chi connectivity index (χ4n) is 4.24. The van der Waals surface area contributed by atoms with E-state index in [1.54, 1.807) is 6.07 Å². The van der Waals surface area contributed by atoms with Gasteiger partial charge in [0.2, 0.25) is 10.0 Å². The van der Waals surface area contributed by atoms with Crippen molar-refractivity contribution in [2.75, 3.05) is 34.9 Å². The van der Waals surface area contributed by atoms with Crippen LogP contribution < -0.4 is 26.0 Å². The number of nitrogens with two attached hydrogens (primary N) is 1. The molecule has 12 heteroatoms. The van der Waals surface area contributed by atoms with Gasteiger partial charge in [0.25, 0.3) is 5.91 Å². The lowest BCUT2D eigenvalue weighted by Gasteiger charge is -2.33. The molecule has 0 atom stereocenters. The van der Waals surface area contributed by atoms with Gasteiger partial charge >= 0.3 is 0 Å². The third kappa shape index (κ3) is 7.37. The van der Waals surface area contributed by atoms with Gasteiger partial charge in [0, 0.05) is 55.4 Å². The van der Waals surface area contributed by atoms with Gasteiger partial charge in [-0.15, -0.1) is 0 Å². The zero-order chi connectivity index (χ0) is 26.6. The maximum Gasteiger partial charge on any atom is 0.252 e. The highest BCUT2D eigenvalue weighted by molar-refractivity contribution is 7.88. The summed E-state index contributed by atoms with van der Waals surface area (Å²) in [6.45, 7) is 1.55. The lowest BCUT2D eigenvalue weighted by atomic mass is 10.1. The Morgan fingerprint density at radius 2 is 1.73 bits per heavy atom. The maximum absolute atomic E-state index is 13.5. The number of amides is 1. The van der Waals surface area contributed by atoms with Crippen molar-refractivity contribution in [2.24, 2.45) is 5.73 Å². The predicted octanol–water partition coefficient (Wildman–Crippen LogP) is 3.33. The summed E-state index contributed by atoms with van der Waals surface area (Å²) in [5, 5.41) is 6.17. The Bertz CT molecular complexity index is 1360. The van der Waals surface area contributed by atoms with Crippen LogP contribution >= 0.6 is 0 Å². The quantitative estimate of drug-likeness (QED) is 0.334. The molecular weight excluding hydrogens is 502 g/mol. The topological polar surface area (TPSA) is 129 Å². The molecule has 3 aromatic rings. The zero-order valence-electron chi connectivity index (χ0n) is 20.2. The van der Waals surface area contributed by atoms with Crippen LogP contribution in [-0.2, 0) is 16.6 Å². The van der Waals surface area contributed by atoms with Gasteiger partial charge in [0.1, 0.15) is 17.5 Å².